The summed E-state index contributed by atoms with van der Waals surface area (Å²) in [5.41, 5.74) is 4.46. The Morgan fingerprint density at radius 1 is 1.20 bits per heavy atom. The molecule has 0 amide bonds. The highest BCUT2D eigenvalue weighted by Crippen LogP contribution is 2.40. The zero-order valence-electron chi connectivity index (χ0n) is 12.1. The molecule has 20 heavy (non-hydrogen) atoms. The van der Waals surface area contributed by atoms with Gasteiger partial charge in [0.25, 0.3) is 0 Å². The third-order valence-corrected chi connectivity index (χ3v) is 4.06. The lowest BCUT2D eigenvalue weighted by atomic mass is 9.81. The van der Waals surface area contributed by atoms with Crippen molar-refractivity contribution >= 4 is 17.6 Å². The van der Waals surface area contributed by atoms with Gasteiger partial charge in [-0.15, -0.1) is 0 Å². The molecule has 0 spiro atoms. The number of nitrogens with one attached hydrogen (secondary N) is 1. The van der Waals surface area contributed by atoms with Crippen LogP contribution >= 0.6 is 11.6 Å². The lowest BCUT2D eigenvalue weighted by Gasteiger charge is -2.30. The molecule has 0 aromatic heterocycles. The van der Waals surface area contributed by atoms with Crippen molar-refractivity contribution in [3.05, 3.63) is 57.4 Å². The molecule has 0 bridgehead atoms. The highest BCUT2D eigenvalue weighted by Gasteiger charge is 2.32. The van der Waals surface area contributed by atoms with E-state index in [1.807, 2.05) is 45.0 Å². The first-order valence-corrected chi connectivity index (χ1v) is 6.83. The molecule has 0 saturated carbocycles. The van der Waals surface area contributed by atoms with E-state index >= 15 is 0 Å². The third kappa shape index (κ3) is 2.46. The number of allylic oxidation sites excluding steroid dienone is 3. The van der Waals surface area contributed by atoms with Gasteiger partial charge in [-0.05, 0) is 38.0 Å². The quantitative estimate of drug-likeness (QED) is 0.843. The Morgan fingerprint density at radius 2 is 1.85 bits per heavy atom. The van der Waals surface area contributed by atoms with E-state index in [-0.39, 0.29) is 11.9 Å². The van der Waals surface area contributed by atoms with E-state index in [1.54, 1.807) is 0 Å². The Hall–Kier alpha value is -1.74. The number of halogens is 1. The van der Waals surface area contributed by atoms with Gasteiger partial charge in [-0.2, -0.15) is 0 Å². The minimum absolute atomic E-state index is 0.169. The molecule has 1 aromatic rings. The van der Waals surface area contributed by atoms with Crippen LogP contribution in [0, 0.1) is 0 Å². The van der Waals surface area contributed by atoms with Crippen molar-refractivity contribution < 1.29 is 9.53 Å². The van der Waals surface area contributed by atoms with Crippen molar-refractivity contribution in [1.82, 2.24) is 5.32 Å². The van der Waals surface area contributed by atoms with Gasteiger partial charge in [0.15, 0.2) is 0 Å². The van der Waals surface area contributed by atoms with Gasteiger partial charge in [0.1, 0.15) is 0 Å². The molecule has 3 nitrogen and oxygen atoms in total. The fourth-order valence-corrected chi connectivity index (χ4v) is 2.82. The number of hydrogen-bond donors (Lipinski definition) is 1. The summed E-state index contributed by atoms with van der Waals surface area (Å²) in [5.74, 6) is -0.496. The van der Waals surface area contributed by atoms with Crippen LogP contribution < -0.4 is 5.32 Å². The maximum absolute atomic E-state index is 12.1. The van der Waals surface area contributed by atoms with E-state index in [0.29, 0.717) is 10.6 Å². The molecule has 0 radical (unpaired) electrons. The summed E-state index contributed by atoms with van der Waals surface area (Å²) in [6.45, 7) is 5.88. The first kappa shape index (κ1) is 14.7. The molecule has 1 aliphatic rings. The maximum atomic E-state index is 12.1. The molecule has 0 aliphatic carbocycles. The van der Waals surface area contributed by atoms with Gasteiger partial charge in [0, 0.05) is 22.3 Å². The molecule has 0 fully saturated rings. The number of carbonyl (C=O) groups is 1. The van der Waals surface area contributed by atoms with Crippen LogP contribution in [0.5, 0.6) is 0 Å². The fourth-order valence-electron chi connectivity index (χ4n) is 2.58. The predicted molar refractivity (Wildman–Crippen MR) is 80.4 cm³/mol. The smallest absolute Gasteiger partial charge is 0.336 e. The second-order valence-electron chi connectivity index (χ2n) is 4.92. The number of hydrogen-bond acceptors (Lipinski definition) is 3. The van der Waals surface area contributed by atoms with Gasteiger partial charge in [-0.1, -0.05) is 29.8 Å². The molecule has 1 aromatic carbocycles. The molecular weight excluding hydrogens is 274 g/mol. The van der Waals surface area contributed by atoms with E-state index in [2.05, 4.69) is 5.32 Å². The van der Waals surface area contributed by atoms with Crippen molar-refractivity contribution in [2.75, 3.05) is 7.11 Å². The molecule has 106 valence electrons. The van der Waals surface area contributed by atoms with Crippen LogP contribution in [0.25, 0.3) is 0 Å². The van der Waals surface area contributed by atoms with Gasteiger partial charge in [-0.3, -0.25) is 0 Å². The molecule has 0 saturated heterocycles. The second kappa shape index (κ2) is 5.71. The standard InChI is InChI=1S/C16H18ClNO2/c1-9-10(2)18-11(3)15(16(19)20-4)14(9)12-7-5-6-8-13(12)17/h5-8,14,18H,1-4H3. The lowest BCUT2D eigenvalue weighted by Crippen LogP contribution is -2.28. The lowest BCUT2D eigenvalue weighted by molar-refractivity contribution is -0.136. The number of rotatable bonds is 2. The van der Waals surface area contributed by atoms with Crippen molar-refractivity contribution in [2.45, 2.75) is 26.7 Å². The van der Waals surface area contributed by atoms with Gasteiger partial charge < -0.3 is 10.1 Å². The number of benzene rings is 1. The number of dihydropyridines is 1. The summed E-state index contributed by atoms with van der Waals surface area (Å²) in [6, 6.07) is 7.60. The Labute approximate surface area is 124 Å². The van der Waals surface area contributed by atoms with Crippen molar-refractivity contribution in [2.24, 2.45) is 0 Å². The average molecular weight is 292 g/mol. The summed E-state index contributed by atoms with van der Waals surface area (Å²) < 4.78 is 4.93. The average Bonchev–Trinajstić information content (AvgIpc) is 2.42. The molecule has 1 aliphatic heterocycles. The first-order valence-electron chi connectivity index (χ1n) is 6.45. The number of methoxy groups -OCH3 is 1. The summed E-state index contributed by atoms with van der Waals surface area (Å²) in [4.78, 5) is 12.1. The molecule has 1 atom stereocenters. The number of carbonyl (C=O) groups excluding carboxylic acids is 1. The fraction of sp³-hybridized carbons (Fsp3) is 0.312. The van der Waals surface area contributed by atoms with Gasteiger partial charge >= 0.3 is 5.97 Å². The van der Waals surface area contributed by atoms with Crippen LogP contribution in [0.4, 0.5) is 0 Å². The van der Waals surface area contributed by atoms with Crippen LogP contribution in [-0.4, -0.2) is 13.1 Å². The SMILES string of the molecule is COC(=O)C1=C(C)NC(C)=C(C)C1c1ccccc1Cl. The summed E-state index contributed by atoms with van der Waals surface area (Å²) in [5, 5.41) is 3.88. The Morgan fingerprint density at radius 3 is 2.45 bits per heavy atom. The minimum atomic E-state index is -0.327. The monoisotopic (exact) mass is 291 g/mol. The van der Waals surface area contributed by atoms with Crippen molar-refractivity contribution in [3.63, 3.8) is 0 Å². The van der Waals surface area contributed by atoms with Crippen LogP contribution in [0.15, 0.2) is 46.8 Å². The van der Waals surface area contributed by atoms with Gasteiger partial charge in [0.2, 0.25) is 0 Å². The van der Waals surface area contributed by atoms with E-state index in [4.69, 9.17) is 16.3 Å². The molecular formula is C16H18ClNO2. The molecule has 1 unspecified atom stereocenters. The summed E-state index contributed by atoms with van der Waals surface area (Å²) >= 11 is 6.31. The number of esters is 1. The van der Waals surface area contributed by atoms with E-state index in [1.165, 1.54) is 7.11 Å². The molecule has 1 N–H and O–H groups in total. The zero-order chi connectivity index (χ0) is 14.9. The topological polar surface area (TPSA) is 38.3 Å². The second-order valence-corrected chi connectivity index (χ2v) is 5.32. The first-order chi connectivity index (χ1) is 9.47. The van der Waals surface area contributed by atoms with Crippen LogP contribution in [-0.2, 0) is 9.53 Å². The van der Waals surface area contributed by atoms with Gasteiger partial charge in [-0.25, -0.2) is 4.79 Å². The molecule has 4 heteroatoms. The van der Waals surface area contributed by atoms with Crippen molar-refractivity contribution in [3.8, 4) is 0 Å². The summed E-state index contributed by atoms with van der Waals surface area (Å²) in [7, 11) is 1.40. The van der Waals surface area contributed by atoms with Crippen LogP contribution in [0.2, 0.25) is 5.02 Å². The Bertz CT molecular complexity index is 617. The van der Waals surface area contributed by atoms with Crippen molar-refractivity contribution in [1.29, 1.82) is 0 Å². The summed E-state index contributed by atoms with van der Waals surface area (Å²) in [6.07, 6.45) is 0. The Kier molecular flexibility index (Phi) is 4.19. The van der Waals surface area contributed by atoms with Gasteiger partial charge in [0.05, 0.1) is 12.7 Å². The highest BCUT2D eigenvalue weighted by molar-refractivity contribution is 6.31. The minimum Gasteiger partial charge on any atom is -0.466 e. The number of ether oxygens (including phenoxy) is 1. The van der Waals surface area contributed by atoms with Crippen LogP contribution in [0.3, 0.4) is 0 Å². The van der Waals surface area contributed by atoms with E-state index in [9.17, 15) is 4.79 Å². The molecule has 1 heterocycles. The zero-order valence-corrected chi connectivity index (χ0v) is 12.8. The highest BCUT2D eigenvalue weighted by atomic mass is 35.5. The van der Waals surface area contributed by atoms with E-state index in [0.717, 1.165) is 22.5 Å². The maximum Gasteiger partial charge on any atom is 0.336 e. The van der Waals surface area contributed by atoms with Crippen LogP contribution in [0.1, 0.15) is 32.3 Å². The van der Waals surface area contributed by atoms with E-state index < -0.39 is 0 Å². The Balaban J connectivity index is 2.63. The predicted octanol–water partition coefficient (Wildman–Crippen LogP) is 3.77. The normalized spacial score (nSPS) is 18.9. The third-order valence-electron chi connectivity index (χ3n) is 3.71. The molecule has 2 rings (SSSR count). The largest absolute Gasteiger partial charge is 0.466 e.